The third-order valence-electron chi connectivity index (χ3n) is 2.92. The number of nitrogens with zero attached hydrogens (tertiary/aromatic N) is 1. The van der Waals surface area contributed by atoms with E-state index in [2.05, 4.69) is 4.72 Å². The summed E-state index contributed by atoms with van der Waals surface area (Å²) in [5.74, 6) is -0.990. The van der Waals surface area contributed by atoms with Crippen molar-refractivity contribution in [1.82, 2.24) is 9.03 Å². The van der Waals surface area contributed by atoms with Crippen molar-refractivity contribution >= 4 is 16.2 Å². The second-order valence-corrected chi connectivity index (χ2v) is 5.99. The molecule has 0 saturated carbocycles. The highest BCUT2D eigenvalue weighted by Gasteiger charge is 2.17. The van der Waals surface area contributed by atoms with E-state index in [-0.39, 0.29) is 12.1 Å². The first-order chi connectivity index (χ1) is 9.40. The lowest BCUT2D eigenvalue weighted by molar-refractivity contribution is 0.0696. The average Bonchev–Trinajstić information content (AvgIpc) is 2.39. The van der Waals surface area contributed by atoms with Crippen LogP contribution in [0.1, 0.15) is 29.8 Å². The Morgan fingerprint density at radius 3 is 2.50 bits per heavy atom. The molecule has 0 spiro atoms. The molecule has 0 atom stereocenters. The van der Waals surface area contributed by atoms with Crippen LogP contribution in [0, 0.1) is 0 Å². The minimum Gasteiger partial charge on any atom is -0.478 e. The molecule has 6 nitrogen and oxygen atoms in total. The standard InChI is InChI=1S/C13H20N2O4S/c1-3-15(4-2)20(18,19)14-9-8-11-6-5-7-12(10-11)13(16)17/h5-7,10,14H,3-4,8-9H2,1-2H3,(H,16,17). The molecule has 0 saturated heterocycles. The Hall–Kier alpha value is -1.44. The summed E-state index contributed by atoms with van der Waals surface area (Å²) in [4.78, 5) is 10.8. The van der Waals surface area contributed by atoms with Crippen LogP contribution in [-0.4, -0.2) is 43.4 Å². The van der Waals surface area contributed by atoms with E-state index in [0.717, 1.165) is 5.56 Å². The number of aromatic carboxylic acids is 1. The molecule has 0 heterocycles. The minimum atomic E-state index is -3.45. The molecule has 0 unspecified atom stereocenters. The zero-order chi connectivity index (χ0) is 15.2. The number of carbonyl (C=O) groups is 1. The second kappa shape index (κ2) is 7.37. The number of hydrogen-bond acceptors (Lipinski definition) is 3. The summed E-state index contributed by atoms with van der Waals surface area (Å²) in [7, 11) is -3.45. The van der Waals surface area contributed by atoms with E-state index >= 15 is 0 Å². The largest absolute Gasteiger partial charge is 0.478 e. The fourth-order valence-electron chi connectivity index (χ4n) is 1.84. The van der Waals surface area contributed by atoms with Crippen LogP contribution in [0.25, 0.3) is 0 Å². The van der Waals surface area contributed by atoms with Gasteiger partial charge in [0.25, 0.3) is 10.2 Å². The third kappa shape index (κ3) is 4.59. The fraction of sp³-hybridized carbons (Fsp3) is 0.462. The number of carboxylic acid groups (broad SMARTS) is 1. The highest BCUT2D eigenvalue weighted by atomic mass is 32.2. The van der Waals surface area contributed by atoms with Crippen molar-refractivity contribution in [1.29, 1.82) is 0 Å². The lowest BCUT2D eigenvalue weighted by atomic mass is 10.1. The number of hydrogen-bond donors (Lipinski definition) is 2. The van der Waals surface area contributed by atoms with Gasteiger partial charge in [-0.05, 0) is 24.1 Å². The van der Waals surface area contributed by atoms with Gasteiger partial charge in [0.15, 0.2) is 0 Å². The van der Waals surface area contributed by atoms with E-state index in [1.165, 1.54) is 10.4 Å². The SMILES string of the molecule is CCN(CC)S(=O)(=O)NCCc1cccc(C(=O)O)c1. The van der Waals surface area contributed by atoms with E-state index in [9.17, 15) is 13.2 Å². The van der Waals surface area contributed by atoms with Crippen molar-refractivity contribution in [2.24, 2.45) is 0 Å². The maximum atomic E-state index is 11.9. The van der Waals surface area contributed by atoms with Crippen LogP contribution in [-0.2, 0) is 16.6 Å². The molecule has 0 fully saturated rings. The Bertz CT molecular complexity index is 553. The van der Waals surface area contributed by atoms with Crippen molar-refractivity contribution in [3.05, 3.63) is 35.4 Å². The number of rotatable bonds is 8. The van der Waals surface area contributed by atoms with Gasteiger partial charge in [0, 0.05) is 19.6 Å². The molecule has 20 heavy (non-hydrogen) atoms. The molecule has 0 aliphatic rings. The predicted octanol–water partition coefficient (Wildman–Crippen LogP) is 1.10. The van der Waals surface area contributed by atoms with Crippen LogP contribution in [0.3, 0.4) is 0 Å². The average molecular weight is 300 g/mol. The van der Waals surface area contributed by atoms with Gasteiger partial charge in [0.05, 0.1) is 5.56 Å². The Balaban J connectivity index is 2.60. The van der Waals surface area contributed by atoms with Crippen LogP contribution >= 0.6 is 0 Å². The molecule has 1 rings (SSSR count). The van der Waals surface area contributed by atoms with Crippen LogP contribution in [0.4, 0.5) is 0 Å². The summed E-state index contributed by atoms with van der Waals surface area (Å²) < 4.78 is 27.6. The third-order valence-corrected chi connectivity index (χ3v) is 4.68. The topological polar surface area (TPSA) is 86.7 Å². The fourth-order valence-corrected chi connectivity index (χ4v) is 3.06. The molecule has 0 aliphatic heterocycles. The smallest absolute Gasteiger partial charge is 0.335 e. The molecule has 0 aromatic heterocycles. The molecule has 0 amide bonds. The molecule has 1 aromatic rings. The summed E-state index contributed by atoms with van der Waals surface area (Å²) in [5.41, 5.74) is 0.987. The van der Waals surface area contributed by atoms with Gasteiger partial charge in [-0.25, -0.2) is 9.52 Å². The Kier molecular flexibility index (Phi) is 6.12. The second-order valence-electron chi connectivity index (χ2n) is 4.24. The lowest BCUT2D eigenvalue weighted by Crippen LogP contribution is -2.41. The summed E-state index contributed by atoms with van der Waals surface area (Å²) in [6.45, 7) is 4.63. The molecule has 0 bridgehead atoms. The first-order valence-corrected chi connectivity index (χ1v) is 7.91. The monoisotopic (exact) mass is 300 g/mol. The Morgan fingerprint density at radius 2 is 1.95 bits per heavy atom. The molecule has 0 radical (unpaired) electrons. The van der Waals surface area contributed by atoms with E-state index in [0.29, 0.717) is 19.5 Å². The molecular weight excluding hydrogens is 280 g/mol. The van der Waals surface area contributed by atoms with Crippen molar-refractivity contribution in [3.8, 4) is 0 Å². The van der Waals surface area contributed by atoms with Gasteiger partial charge in [0.2, 0.25) is 0 Å². The van der Waals surface area contributed by atoms with Crippen molar-refractivity contribution in [3.63, 3.8) is 0 Å². The van der Waals surface area contributed by atoms with Gasteiger partial charge < -0.3 is 5.11 Å². The van der Waals surface area contributed by atoms with Crippen LogP contribution in [0.2, 0.25) is 0 Å². The quantitative estimate of drug-likeness (QED) is 0.753. The molecule has 112 valence electrons. The van der Waals surface area contributed by atoms with Gasteiger partial charge in [-0.1, -0.05) is 26.0 Å². The number of nitrogens with one attached hydrogen (secondary N) is 1. The van der Waals surface area contributed by atoms with E-state index in [1.807, 2.05) is 0 Å². The van der Waals surface area contributed by atoms with Gasteiger partial charge in [-0.3, -0.25) is 0 Å². The first kappa shape index (κ1) is 16.6. The maximum absolute atomic E-state index is 11.9. The van der Waals surface area contributed by atoms with E-state index < -0.39 is 16.2 Å². The molecule has 7 heteroatoms. The van der Waals surface area contributed by atoms with Crippen LogP contribution < -0.4 is 4.72 Å². The van der Waals surface area contributed by atoms with E-state index in [4.69, 9.17) is 5.11 Å². The Labute approximate surface area is 119 Å². The molecule has 0 aliphatic carbocycles. The molecule has 2 N–H and O–H groups in total. The zero-order valence-electron chi connectivity index (χ0n) is 11.7. The summed E-state index contributed by atoms with van der Waals surface area (Å²) in [6.07, 6.45) is 0.446. The maximum Gasteiger partial charge on any atom is 0.335 e. The zero-order valence-corrected chi connectivity index (χ0v) is 12.5. The summed E-state index contributed by atoms with van der Waals surface area (Å²) in [5, 5.41) is 8.88. The van der Waals surface area contributed by atoms with Gasteiger partial charge in [-0.15, -0.1) is 0 Å². The normalized spacial score (nSPS) is 11.8. The van der Waals surface area contributed by atoms with Crippen LogP contribution in [0.5, 0.6) is 0 Å². The summed E-state index contributed by atoms with van der Waals surface area (Å²) in [6, 6.07) is 6.48. The predicted molar refractivity (Wildman–Crippen MR) is 76.9 cm³/mol. The Morgan fingerprint density at radius 1 is 1.30 bits per heavy atom. The first-order valence-electron chi connectivity index (χ1n) is 6.47. The molecular formula is C13H20N2O4S. The molecule has 1 aromatic carbocycles. The van der Waals surface area contributed by atoms with Crippen molar-refractivity contribution in [2.75, 3.05) is 19.6 Å². The van der Waals surface area contributed by atoms with E-state index in [1.54, 1.807) is 32.0 Å². The lowest BCUT2D eigenvalue weighted by Gasteiger charge is -2.18. The highest BCUT2D eigenvalue weighted by molar-refractivity contribution is 7.87. The van der Waals surface area contributed by atoms with Crippen molar-refractivity contribution in [2.45, 2.75) is 20.3 Å². The number of benzene rings is 1. The number of carboxylic acids is 1. The van der Waals surface area contributed by atoms with Crippen LogP contribution in [0.15, 0.2) is 24.3 Å². The van der Waals surface area contributed by atoms with Gasteiger partial charge in [-0.2, -0.15) is 12.7 Å². The summed E-state index contributed by atoms with van der Waals surface area (Å²) >= 11 is 0. The van der Waals surface area contributed by atoms with Gasteiger partial charge >= 0.3 is 5.97 Å². The minimum absolute atomic E-state index is 0.203. The van der Waals surface area contributed by atoms with Gasteiger partial charge in [0.1, 0.15) is 0 Å². The highest BCUT2D eigenvalue weighted by Crippen LogP contribution is 2.06. The van der Waals surface area contributed by atoms with Crippen molar-refractivity contribution < 1.29 is 18.3 Å².